The van der Waals surface area contributed by atoms with Crippen molar-refractivity contribution in [3.05, 3.63) is 23.8 Å². The van der Waals surface area contributed by atoms with Gasteiger partial charge in [-0.25, -0.2) is 4.39 Å². The topological polar surface area (TPSA) is 12.9 Å². The quantitative estimate of drug-likeness (QED) is 0.469. The van der Waals surface area contributed by atoms with Gasteiger partial charge in [-0.1, -0.05) is 11.5 Å². The molecular weight excluding hydrogens is 173 g/mol. The van der Waals surface area contributed by atoms with Gasteiger partial charge in [0.25, 0.3) is 0 Å². The normalized spacial score (nSPS) is 11.8. The molecule has 0 aromatic carbocycles. The van der Waals surface area contributed by atoms with Crippen LogP contribution in [0.1, 0.15) is 5.69 Å². The SMILES string of the molecule is Cc1nccc([B-](F)(F)F)c1F. The first-order valence-electron chi connectivity index (χ1n) is 3.24. The van der Waals surface area contributed by atoms with Crippen LogP contribution in [0.5, 0.6) is 0 Å². The molecule has 0 radical (unpaired) electrons. The zero-order chi connectivity index (χ0) is 9.35. The Balaban J connectivity index is 3.26. The van der Waals surface area contributed by atoms with E-state index in [0.717, 1.165) is 6.20 Å². The van der Waals surface area contributed by atoms with Crippen LogP contribution in [0.4, 0.5) is 17.3 Å². The minimum atomic E-state index is -5.26. The number of hydrogen-bond acceptors (Lipinski definition) is 1. The molecule has 1 heterocycles. The summed E-state index contributed by atoms with van der Waals surface area (Å²) in [6, 6.07) is 0.641. The fourth-order valence-corrected chi connectivity index (χ4v) is 0.821. The first kappa shape index (κ1) is 9.03. The molecule has 0 unspecified atom stereocenters. The van der Waals surface area contributed by atoms with Gasteiger partial charge in [0.2, 0.25) is 0 Å². The highest BCUT2D eigenvalue weighted by molar-refractivity contribution is 6.73. The van der Waals surface area contributed by atoms with Gasteiger partial charge in [0.05, 0.1) is 5.69 Å². The maximum Gasteiger partial charge on any atom is 0.512 e. The number of nitrogens with zero attached hydrogens (tertiary/aromatic N) is 1. The molecule has 0 atom stereocenters. The minimum absolute atomic E-state index is 0.230. The zero-order valence-corrected chi connectivity index (χ0v) is 6.19. The summed E-state index contributed by atoms with van der Waals surface area (Å²) in [5.74, 6) is -1.27. The molecule has 0 N–H and O–H groups in total. The van der Waals surface area contributed by atoms with Crippen molar-refractivity contribution in [3.8, 4) is 0 Å². The summed E-state index contributed by atoms with van der Waals surface area (Å²) in [7, 11) is 0. The number of pyridine rings is 1. The van der Waals surface area contributed by atoms with E-state index in [9.17, 15) is 17.3 Å². The Morgan fingerprint density at radius 3 is 2.33 bits per heavy atom. The molecule has 1 rings (SSSR count). The van der Waals surface area contributed by atoms with Crippen LogP contribution in [-0.4, -0.2) is 12.0 Å². The lowest BCUT2D eigenvalue weighted by Crippen LogP contribution is -2.37. The van der Waals surface area contributed by atoms with Crippen LogP contribution in [-0.2, 0) is 0 Å². The maximum absolute atomic E-state index is 12.7. The molecule has 0 saturated heterocycles. The number of halogens is 4. The fraction of sp³-hybridized carbons (Fsp3) is 0.167. The molecular formula is C6H5BF4N-. The van der Waals surface area contributed by atoms with Crippen LogP contribution < -0.4 is 5.46 Å². The van der Waals surface area contributed by atoms with Gasteiger partial charge in [-0.15, -0.1) is 0 Å². The molecule has 0 amide bonds. The van der Waals surface area contributed by atoms with E-state index < -0.39 is 18.3 Å². The summed E-state index contributed by atoms with van der Waals surface area (Å²) < 4.78 is 48.8. The van der Waals surface area contributed by atoms with Gasteiger partial charge in [-0.05, 0) is 6.92 Å². The second-order valence-electron chi connectivity index (χ2n) is 2.37. The molecule has 0 aliphatic carbocycles. The highest BCUT2D eigenvalue weighted by Gasteiger charge is 2.29. The molecule has 0 saturated carbocycles. The Labute approximate surface area is 66.5 Å². The van der Waals surface area contributed by atoms with Gasteiger partial charge < -0.3 is 12.9 Å². The molecule has 6 heteroatoms. The van der Waals surface area contributed by atoms with E-state index in [1.54, 1.807) is 0 Å². The summed E-state index contributed by atoms with van der Waals surface area (Å²) in [5, 5.41) is 0. The summed E-state index contributed by atoms with van der Waals surface area (Å²) >= 11 is 0. The summed E-state index contributed by atoms with van der Waals surface area (Å²) in [5.41, 5.74) is -1.44. The third-order valence-corrected chi connectivity index (χ3v) is 1.45. The standard InChI is InChI=1S/C6H5BF4N/c1-4-6(8)5(2-3-12-4)7(9,10)11/h2-3H,1H3/q-1. The Morgan fingerprint density at radius 2 is 1.92 bits per heavy atom. The summed E-state index contributed by atoms with van der Waals surface area (Å²) in [6.45, 7) is -4.07. The molecule has 0 fully saturated rings. The third-order valence-electron chi connectivity index (χ3n) is 1.45. The molecule has 0 aliphatic rings. The molecule has 12 heavy (non-hydrogen) atoms. The number of aromatic nitrogens is 1. The first-order valence-corrected chi connectivity index (χ1v) is 3.24. The largest absolute Gasteiger partial charge is 0.512 e. The van der Waals surface area contributed by atoms with Crippen LogP contribution in [0, 0.1) is 12.7 Å². The lowest BCUT2D eigenvalue weighted by molar-refractivity contribution is 0.492. The zero-order valence-electron chi connectivity index (χ0n) is 6.19. The molecule has 0 aliphatic heterocycles. The lowest BCUT2D eigenvalue weighted by atomic mass is 9.80. The van der Waals surface area contributed by atoms with E-state index in [0.29, 0.717) is 6.07 Å². The van der Waals surface area contributed by atoms with Crippen molar-refractivity contribution in [1.29, 1.82) is 0 Å². The van der Waals surface area contributed by atoms with Crippen LogP contribution >= 0.6 is 0 Å². The number of rotatable bonds is 1. The van der Waals surface area contributed by atoms with Crippen molar-refractivity contribution in [2.45, 2.75) is 6.92 Å². The molecule has 1 aromatic rings. The molecule has 0 bridgehead atoms. The third kappa shape index (κ3) is 1.57. The van der Waals surface area contributed by atoms with E-state index >= 15 is 0 Å². The lowest BCUT2D eigenvalue weighted by Gasteiger charge is -2.15. The van der Waals surface area contributed by atoms with E-state index in [4.69, 9.17) is 0 Å². The van der Waals surface area contributed by atoms with Gasteiger partial charge in [0.1, 0.15) is 5.82 Å². The van der Waals surface area contributed by atoms with Crippen molar-refractivity contribution in [1.82, 2.24) is 4.98 Å². The molecule has 1 aromatic heterocycles. The van der Waals surface area contributed by atoms with Crippen LogP contribution in [0.25, 0.3) is 0 Å². The van der Waals surface area contributed by atoms with Crippen molar-refractivity contribution < 1.29 is 17.3 Å². The Hall–Kier alpha value is -1.07. The molecule has 0 spiro atoms. The average Bonchev–Trinajstić information content (AvgIpc) is 1.92. The highest BCUT2D eigenvalue weighted by Crippen LogP contribution is 2.11. The second kappa shape index (κ2) is 2.77. The Kier molecular flexibility index (Phi) is 2.08. The predicted octanol–water partition coefficient (Wildman–Crippen LogP) is 1.58. The highest BCUT2D eigenvalue weighted by atomic mass is 19.4. The average molecular weight is 178 g/mol. The Bertz CT molecular complexity index is 296. The van der Waals surface area contributed by atoms with E-state index in [-0.39, 0.29) is 5.69 Å². The van der Waals surface area contributed by atoms with E-state index in [1.807, 2.05) is 0 Å². The van der Waals surface area contributed by atoms with Gasteiger partial charge >= 0.3 is 6.98 Å². The van der Waals surface area contributed by atoms with E-state index in [1.165, 1.54) is 6.92 Å². The van der Waals surface area contributed by atoms with Gasteiger partial charge in [-0.2, -0.15) is 0 Å². The van der Waals surface area contributed by atoms with Crippen LogP contribution in [0.15, 0.2) is 12.3 Å². The van der Waals surface area contributed by atoms with Gasteiger partial charge in [0, 0.05) is 6.20 Å². The molecule has 1 nitrogen and oxygen atoms in total. The predicted molar refractivity (Wildman–Crippen MR) is 37.6 cm³/mol. The van der Waals surface area contributed by atoms with Crippen molar-refractivity contribution >= 4 is 12.4 Å². The van der Waals surface area contributed by atoms with E-state index in [2.05, 4.69) is 4.98 Å². The summed E-state index contributed by atoms with van der Waals surface area (Å²) in [4.78, 5) is 3.39. The number of hydrogen-bond donors (Lipinski definition) is 0. The Morgan fingerprint density at radius 1 is 1.33 bits per heavy atom. The van der Waals surface area contributed by atoms with Gasteiger partial charge in [0.15, 0.2) is 0 Å². The van der Waals surface area contributed by atoms with Crippen molar-refractivity contribution in [3.63, 3.8) is 0 Å². The second-order valence-corrected chi connectivity index (χ2v) is 2.37. The first-order chi connectivity index (χ1) is 5.43. The van der Waals surface area contributed by atoms with Crippen LogP contribution in [0.2, 0.25) is 0 Å². The summed E-state index contributed by atoms with van der Waals surface area (Å²) in [6.07, 6.45) is 0.947. The smallest absolute Gasteiger partial charge is 0.445 e. The van der Waals surface area contributed by atoms with Crippen LogP contribution in [0.3, 0.4) is 0 Å². The van der Waals surface area contributed by atoms with Crippen molar-refractivity contribution in [2.75, 3.05) is 0 Å². The maximum atomic E-state index is 12.7. The van der Waals surface area contributed by atoms with Gasteiger partial charge in [-0.3, -0.25) is 4.98 Å². The fourth-order valence-electron chi connectivity index (χ4n) is 0.821. The van der Waals surface area contributed by atoms with Crippen molar-refractivity contribution in [2.24, 2.45) is 0 Å². The number of aryl methyl sites for hydroxylation is 1. The minimum Gasteiger partial charge on any atom is -0.445 e. The monoisotopic (exact) mass is 178 g/mol. The molecule has 66 valence electrons.